The second kappa shape index (κ2) is 8.78. The minimum Gasteiger partial charge on any atom is -0.342 e. The van der Waals surface area contributed by atoms with Crippen LogP contribution in [0, 0.1) is 0 Å². The van der Waals surface area contributed by atoms with Crippen molar-refractivity contribution in [3.8, 4) is 5.69 Å². The van der Waals surface area contributed by atoms with Crippen molar-refractivity contribution in [1.82, 2.24) is 29.7 Å². The van der Waals surface area contributed by atoms with Crippen LogP contribution in [0.1, 0.15) is 24.2 Å². The van der Waals surface area contributed by atoms with Crippen LogP contribution in [0.5, 0.6) is 0 Å². The molecule has 0 fully saturated rings. The second-order valence-corrected chi connectivity index (χ2v) is 7.01. The summed E-state index contributed by atoms with van der Waals surface area (Å²) >= 11 is 0. The molecule has 0 unspecified atom stereocenters. The molecule has 9 heteroatoms. The van der Waals surface area contributed by atoms with Crippen molar-refractivity contribution < 1.29 is 9.59 Å². The average Bonchev–Trinajstić information content (AvgIpc) is 3.45. The lowest BCUT2D eigenvalue weighted by Crippen LogP contribution is -2.33. The molecule has 4 aromatic rings. The van der Waals surface area contributed by atoms with Crippen LogP contribution in [0.25, 0.3) is 16.6 Å². The first kappa shape index (κ1) is 20.3. The van der Waals surface area contributed by atoms with E-state index in [4.69, 9.17) is 0 Å². The molecule has 9 nitrogen and oxygen atoms in total. The fourth-order valence-corrected chi connectivity index (χ4v) is 3.57. The maximum Gasteiger partial charge on any atom is 0.257 e. The zero-order valence-electron chi connectivity index (χ0n) is 17.4. The fraction of sp³-hybridized carbons (Fsp3) is 0.227. The molecule has 2 aromatic carbocycles. The van der Waals surface area contributed by atoms with E-state index in [1.165, 1.54) is 11.0 Å². The van der Waals surface area contributed by atoms with E-state index >= 15 is 0 Å². The van der Waals surface area contributed by atoms with Gasteiger partial charge in [0, 0.05) is 35.9 Å². The molecule has 0 aliphatic rings. The average molecular weight is 417 g/mol. The van der Waals surface area contributed by atoms with Gasteiger partial charge < -0.3 is 14.8 Å². The van der Waals surface area contributed by atoms with Gasteiger partial charge in [-0.25, -0.2) is 0 Å². The van der Waals surface area contributed by atoms with Crippen LogP contribution >= 0.6 is 0 Å². The van der Waals surface area contributed by atoms with Gasteiger partial charge in [-0.2, -0.15) is 4.68 Å². The quantitative estimate of drug-likeness (QED) is 0.499. The molecule has 2 amide bonds. The second-order valence-electron chi connectivity index (χ2n) is 7.01. The first-order valence-electron chi connectivity index (χ1n) is 10.1. The van der Waals surface area contributed by atoms with Gasteiger partial charge in [0.05, 0.1) is 11.3 Å². The first-order chi connectivity index (χ1) is 15.1. The molecule has 31 heavy (non-hydrogen) atoms. The Morgan fingerprint density at radius 1 is 1.06 bits per heavy atom. The number of hydrogen-bond donors (Lipinski definition) is 1. The van der Waals surface area contributed by atoms with E-state index in [2.05, 4.69) is 20.8 Å². The van der Waals surface area contributed by atoms with Gasteiger partial charge >= 0.3 is 0 Å². The Kier molecular flexibility index (Phi) is 5.74. The lowest BCUT2D eigenvalue weighted by molar-refractivity contribution is -0.131. The highest BCUT2D eigenvalue weighted by Crippen LogP contribution is 2.22. The summed E-state index contributed by atoms with van der Waals surface area (Å²) in [4.78, 5) is 27.2. The van der Waals surface area contributed by atoms with Crippen LogP contribution in [0.3, 0.4) is 0 Å². The van der Waals surface area contributed by atoms with E-state index in [0.29, 0.717) is 30.0 Å². The minimum absolute atomic E-state index is 0.0825. The summed E-state index contributed by atoms with van der Waals surface area (Å²) in [5.74, 6) is -0.180. The topological polar surface area (TPSA) is 97.9 Å². The van der Waals surface area contributed by atoms with Crippen molar-refractivity contribution in [2.24, 2.45) is 0 Å². The number of benzene rings is 2. The van der Waals surface area contributed by atoms with E-state index in [0.717, 1.165) is 10.9 Å². The van der Waals surface area contributed by atoms with E-state index < -0.39 is 0 Å². The van der Waals surface area contributed by atoms with Gasteiger partial charge in [0.25, 0.3) is 5.91 Å². The molecule has 0 saturated carbocycles. The molecule has 1 N–H and O–H groups in total. The van der Waals surface area contributed by atoms with Gasteiger partial charge in [-0.05, 0) is 60.7 Å². The van der Waals surface area contributed by atoms with Crippen molar-refractivity contribution in [3.63, 3.8) is 0 Å². The van der Waals surface area contributed by atoms with Gasteiger partial charge in [0.2, 0.25) is 5.91 Å². The molecule has 0 saturated heterocycles. The number of fused-ring (bicyclic) bond motifs is 1. The molecule has 2 aromatic heterocycles. The zero-order valence-corrected chi connectivity index (χ0v) is 17.4. The van der Waals surface area contributed by atoms with Crippen LogP contribution in [-0.4, -0.2) is 54.6 Å². The molecule has 0 bridgehead atoms. The van der Waals surface area contributed by atoms with E-state index in [9.17, 15) is 9.59 Å². The van der Waals surface area contributed by atoms with Crippen LogP contribution in [0.2, 0.25) is 0 Å². The van der Waals surface area contributed by atoms with Crippen molar-refractivity contribution in [3.05, 3.63) is 66.6 Å². The Bertz CT molecular complexity index is 1210. The number of amides is 2. The maximum atomic E-state index is 12.9. The first-order valence-corrected chi connectivity index (χ1v) is 10.1. The summed E-state index contributed by atoms with van der Waals surface area (Å²) < 4.78 is 3.37. The molecule has 0 spiro atoms. The largest absolute Gasteiger partial charge is 0.342 e. The summed E-state index contributed by atoms with van der Waals surface area (Å²) in [6.07, 6.45) is 3.34. The van der Waals surface area contributed by atoms with Gasteiger partial charge in [0.1, 0.15) is 12.9 Å². The summed E-state index contributed by atoms with van der Waals surface area (Å²) in [5.41, 5.74) is 2.65. The number of likely N-dealkylation sites (N-methyl/N-ethyl adjacent to an activating group) is 1. The number of nitrogens with zero attached hydrogens (tertiary/aromatic N) is 6. The number of tetrazole rings is 1. The van der Waals surface area contributed by atoms with Crippen molar-refractivity contribution in [2.45, 2.75) is 20.4 Å². The smallest absolute Gasteiger partial charge is 0.257 e. The minimum atomic E-state index is -0.262. The number of nitrogens with one attached hydrogen (secondary N) is 1. The zero-order chi connectivity index (χ0) is 21.8. The lowest BCUT2D eigenvalue weighted by Gasteiger charge is -2.19. The lowest BCUT2D eigenvalue weighted by atomic mass is 10.1. The van der Waals surface area contributed by atoms with Gasteiger partial charge in [-0.1, -0.05) is 12.1 Å². The normalized spacial score (nSPS) is 10.9. The fourth-order valence-electron chi connectivity index (χ4n) is 3.57. The number of carbonyl (C=O) groups is 2. The molecular formula is C22H23N7O2. The number of carbonyl (C=O) groups excluding carboxylic acids is 2. The molecule has 0 aliphatic heterocycles. The summed E-state index contributed by atoms with van der Waals surface area (Å²) in [7, 11) is 0. The highest BCUT2D eigenvalue weighted by Gasteiger charge is 2.15. The van der Waals surface area contributed by atoms with Crippen molar-refractivity contribution in [2.75, 3.05) is 18.4 Å². The molecule has 158 valence electrons. The Labute approximate surface area is 179 Å². The third-order valence-corrected chi connectivity index (χ3v) is 5.20. The van der Waals surface area contributed by atoms with E-state index in [1.54, 1.807) is 18.2 Å². The van der Waals surface area contributed by atoms with Gasteiger partial charge in [-0.3, -0.25) is 9.59 Å². The SMILES string of the molecule is CCN(CC)C(=O)Cn1ccc2cc(NC(=O)c3ccccc3-n3cnnn3)ccc21. The predicted molar refractivity (Wildman–Crippen MR) is 117 cm³/mol. The third-order valence-electron chi connectivity index (χ3n) is 5.20. The Hall–Kier alpha value is -4.01. The van der Waals surface area contributed by atoms with Gasteiger partial charge in [0.15, 0.2) is 0 Å². The number of hydrogen-bond acceptors (Lipinski definition) is 5. The van der Waals surface area contributed by atoms with Crippen LogP contribution in [-0.2, 0) is 11.3 Å². The monoisotopic (exact) mass is 417 g/mol. The third kappa shape index (κ3) is 4.16. The Morgan fingerprint density at radius 2 is 1.87 bits per heavy atom. The van der Waals surface area contributed by atoms with E-state index in [-0.39, 0.29) is 18.4 Å². The van der Waals surface area contributed by atoms with Crippen LogP contribution in [0.15, 0.2) is 61.1 Å². The van der Waals surface area contributed by atoms with Crippen molar-refractivity contribution in [1.29, 1.82) is 0 Å². The van der Waals surface area contributed by atoms with E-state index in [1.807, 2.05) is 59.8 Å². The number of para-hydroxylation sites is 1. The predicted octanol–water partition coefficient (Wildman–Crippen LogP) is 2.74. The standard InChI is InChI=1S/C22H23N7O2/c1-3-27(4-2)21(30)14-28-12-11-16-13-17(9-10-19(16)28)24-22(31)18-7-5-6-8-20(18)29-15-23-25-26-29/h5-13,15H,3-4,14H2,1-2H3,(H,24,31). The Morgan fingerprint density at radius 3 is 2.61 bits per heavy atom. The summed E-state index contributed by atoms with van der Waals surface area (Å²) in [6.45, 7) is 5.62. The number of aromatic nitrogens is 5. The summed E-state index contributed by atoms with van der Waals surface area (Å²) in [5, 5.41) is 15.0. The molecule has 0 aliphatic carbocycles. The summed E-state index contributed by atoms with van der Waals surface area (Å²) in [6, 6.07) is 14.7. The molecule has 2 heterocycles. The maximum absolute atomic E-state index is 12.9. The Balaban J connectivity index is 1.54. The molecule has 0 atom stereocenters. The highest BCUT2D eigenvalue weighted by molar-refractivity contribution is 6.07. The molecule has 4 rings (SSSR count). The van der Waals surface area contributed by atoms with Gasteiger partial charge in [-0.15, -0.1) is 5.10 Å². The van der Waals surface area contributed by atoms with Crippen LogP contribution in [0.4, 0.5) is 5.69 Å². The van der Waals surface area contributed by atoms with Crippen LogP contribution < -0.4 is 5.32 Å². The number of anilines is 1. The highest BCUT2D eigenvalue weighted by atomic mass is 16.2. The van der Waals surface area contributed by atoms with Crippen molar-refractivity contribution >= 4 is 28.4 Å². The molecular weight excluding hydrogens is 394 g/mol. The molecule has 0 radical (unpaired) electrons. The number of rotatable bonds is 7.